The standard InChI is InChI=1S/C20H15N3O4/c1-25-16-8-3-6-14(12-16)20-22-18(23-27-20)13-5-2-7-15(11-13)21-19(24)17-9-4-10-26-17/h2-12H,1H3,(H,21,24). The van der Waals surface area contributed by atoms with Crippen molar-refractivity contribution in [1.82, 2.24) is 10.1 Å². The van der Waals surface area contributed by atoms with Crippen LogP contribution >= 0.6 is 0 Å². The number of hydrogen-bond donors (Lipinski definition) is 1. The molecule has 0 fully saturated rings. The quantitative estimate of drug-likeness (QED) is 0.571. The summed E-state index contributed by atoms with van der Waals surface area (Å²) in [7, 11) is 1.60. The van der Waals surface area contributed by atoms with Gasteiger partial charge in [0.05, 0.1) is 13.4 Å². The minimum atomic E-state index is -0.331. The van der Waals surface area contributed by atoms with Crippen molar-refractivity contribution in [2.24, 2.45) is 0 Å². The highest BCUT2D eigenvalue weighted by Crippen LogP contribution is 2.26. The van der Waals surface area contributed by atoms with Crippen molar-refractivity contribution >= 4 is 11.6 Å². The number of furan rings is 1. The Balaban J connectivity index is 1.57. The summed E-state index contributed by atoms with van der Waals surface area (Å²) in [6, 6.07) is 17.8. The lowest BCUT2D eigenvalue weighted by atomic mass is 10.2. The van der Waals surface area contributed by atoms with Gasteiger partial charge in [0.1, 0.15) is 5.75 Å². The minimum Gasteiger partial charge on any atom is -0.497 e. The Hall–Kier alpha value is -3.87. The van der Waals surface area contributed by atoms with E-state index in [-0.39, 0.29) is 11.7 Å². The van der Waals surface area contributed by atoms with E-state index in [1.54, 1.807) is 37.4 Å². The van der Waals surface area contributed by atoms with Gasteiger partial charge in [-0.15, -0.1) is 0 Å². The van der Waals surface area contributed by atoms with E-state index in [1.807, 2.05) is 30.3 Å². The van der Waals surface area contributed by atoms with Gasteiger partial charge in [0.15, 0.2) is 5.76 Å². The average Bonchev–Trinajstić information content (AvgIpc) is 3.40. The summed E-state index contributed by atoms with van der Waals surface area (Å²) in [5.41, 5.74) is 2.07. The summed E-state index contributed by atoms with van der Waals surface area (Å²) in [5.74, 6) is 1.41. The fourth-order valence-corrected chi connectivity index (χ4v) is 2.55. The number of carbonyl (C=O) groups excluding carboxylic acids is 1. The Labute approximate surface area is 154 Å². The van der Waals surface area contributed by atoms with Crippen LogP contribution in [0.4, 0.5) is 5.69 Å². The van der Waals surface area contributed by atoms with E-state index in [0.29, 0.717) is 28.7 Å². The number of benzene rings is 2. The lowest BCUT2D eigenvalue weighted by Gasteiger charge is -2.04. The molecular weight excluding hydrogens is 346 g/mol. The topological polar surface area (TPSA) is 90.4 Å². The number of rotatable bonds is 5. The van der Waals surface area contributed by atoms with Gasteiger partial charge in [-0.3, -0.25) is 4.79 Å². The Bertz CT molecular complexity index is 1070. The number of carbonyl (C=O) groups is 1. The molecule has 0 aliphatic heterocycles. The van der Waals surface area contributed by atoms with Gasteiger partial charge in [0, 0.05) is 16.8 Å². The van der Waals surface area contributed by atoms with Crippen LogP contribution in [0.15, 0.2) is 75.9 Å². The molecule has 27 heavy (non-hydrogen) atoms. The lowest BCUT2D eigenvalue weighted by molar-refractivity contribution is 0.0996. The number of nitrogens with zero attached hydrogens (tertiary/aromatic N) is 2. The van der Waals surface area contributed by atoms with Crippen LogP contribution in [-0.4, -0.2) is 23.2 Å². The molecule has 134 valence electrons. The van der Waals surface area contributed by atoms with Crippen LogP contribution in [0.1, 0.15) is 10.6 Å². The Kier molecular flexibility index (Phi) is 4.40. The van der Waals surface area contributed by atoms with Crippen LogP contribution in [-0.2, 0) is 0 Å². The van der Waals surface area contributed by atoms with Gasteiger partial charge in [-0.25, -0.2) is 0 Å². The van der Waals surface area contributed by atoms with E-state index >= 15 is 0 Å². The summed E-state index contributed by atoms with van der Waals surface area (Å²) >= 11 is 0. The maximum absolute atomic E-state index is 12.1. The lowest BCUT2D eigenvalue weighted by Crippen LogP contribution is -2.10. The third kappa shape index (κ3) is 3.57. The second-order valence-corrected chi connectivity index (χ2v) is 5.67. The van der Waals surface area contributed by atoms with Crippen LogP contribution in [0.2, 0.25) is 0 Å². The van der Waals surface area contributed by atoms with E-state index in [1.165, 1.54) is 6.26 Å². The second-order valence-electron chi connectivity index (χ2n) is 5.67. The van der Waals surface area contributed by atoms with Crippen molar-refractivity contribution in [2.45, 2.75) is 0 Å². The number of aromatic nitrogens is 2. The summed E-state index contributed by atoms with van der Waals surface area (Å²) in [5, 5.41) is 6.80. The molecule has 1 N–H and O–H groups in total. The number of ether oxygens (including phenoxy) is 1. The largest absolute Gasteiger partial charge is 0.497 e. The highest BCUT2D eigenvalue weighted by atomic mass is 16.5. The van der Waals surface area contributed by atoms with Gasteiger partial charge in [-0.05, 0) is 42.5 Å². The summed E-state index contributed by atoms with van der Waals surface area (Å²) in [6.07, 6.45) is 1.45. The van der Waals surface area contributed by atoms with Crippen LogP contribution in [0.5, 0.6) is 5.75 Å². The second kappa shape index (κ2) is 7.17. The first kappa shape index (κ1) is 16.6. The number of anilines is 1. The fourth-order valence-electron chi connectivity index (χ4n) is 2.55. The van der Waals surface area contributed by atoms with Crippen LogP contribution in [0.25, 0.3) is 22.8 Å². The molecule has 0 saturated heterocycles. The molecule has 4 aromatic rings. The fraction of sp³-hybridized carbons (Fsp3) is 0.0500. The summed E-state index contributed by atoms with van der Waals surface area (Å²) < 4.78 is 15.7. The molecule has 0 bridgehead atoms. The molecule has 0 radical (unpaired) electrons. The molecule has 0 aliphatic rings. The highest BCUT2D eigenvalue weighted by molar-refractivity contribution is 6.02. The van der Waals surface area contributed by atoms with Gasteiger partial charge in [0.25, 0.3) is 11.8 Å². The molecule has 0 atom stereocenters. The third-order valence-corrected chi connectivity index (χ3v) is 3.87. The van der Waals surface area contributed by atoms with E-state index in [4.69, 9.17) is 13.7 Å². The van der Waals surface area contributed by atoms with Crippen molar-refractivity contribution in [1.29, 1.82) is 0 Å². The van der Waals surface area contributed by atoms with Gasteiger partial charge >= 0.3 is 0 Å². The monoisotopic (exact) mass is 361 g/mol. The molecule has 2 aromatic heterocycles. The first-order valence-corrected chi connectivity index (χ1v) is 8.16. The molecule has 2 heterocycles. The van der Waals surface area contributed by atoms with Crippen molar-refractivity contribution < 1.29 is 18.5 Å². The smallest absolute Gasteiger partial charge is 0.291 e. The molecule has 0 aliphatic carbocycles. The summed E-state index contributed by atoms with van der Waals surface area (Å²) in [6.45, 7) is 0. The maximum Gasteiger partial charge on any atom is 0.291 e. The van der Waals surface area contributed by atoms with Crippen molar-refractivity contribution in [2.75, 3.05) is 12.4 Å². The first-order valence-electron chi connectivity index (χ1n) is 8.16. The van der Waals surface area contributed by atoms with E-state index in [0.717, 1.165) is 5.56 Å². The average molecular weight is 361 g/mol. The van der Waals surface area contributed by atoms with E-state index in [2.05, 4.69) is 15.5 Å². The molecular formula is C20H15N3O4. The Morgan fingerprint density at radius 3 is 2.70 bits per heavy atom. The Morgan fingerprint density at radius 1 is 1.04 bits per heavy atom. The van der Waals surface area contributed by atoms with Crippen molar-refractivity contribution in [3.8, 4) is 28.6 Å². The van der Waals surface area contributed by atoms with E-state index in [9.17, 15) is 4.79 Å². The number of methoxy groups -OCH3 is 1. The van der Waals surface area contributed by atoms with Gasteiger partial charge in [0.2, 0.25) is 5.82 Å². The SMILES string of the molecule is COc1cccc(-c2nc(-c3cccc(NC(=O)c4ccco4)c3)no2)c1. The molecule has 7 nitrogen and oxygen atoms in total. The number of nitrogens with one attached hydrogen (secondary N) is 1. The zero-order chi connectivity index (χ0) is 18.6. The molecule has 0 spiro atoms. The van der Waals surface area contributed by atoms with Gasteiger partial charge < -0.3 is 19.0 Å². The predicted molar refractivity (Wildman–Crippen MR) is 98.4 cm³/mol. The maximum atomic E-state index is 12.1. The minimum absolute atomic E-state index is 0.236. The zero-order valence-electron chi connectivity index (χ0n) is 14.4. The summed E-state index contributed by atoms with van der Waals surface area (Å²) in [4.78, 5) is 16.5. The third-order valence-electron chi connectivity index (χ3n) is 3.87. The molecule has 4 rings (SSSR count). The zero-order valence-corrected chi connectivity index (χ0v) is 14.4. The van der Waals surface area contributed by atoms with Crippen LogP contribution in [0.3, 0.4) is 0 Å². The molecule has 2 aromatic carbocycles. The number of hydrogen-bond acceptors (Lipinski definition) is 6. The molecule has 0 unspecified atom stereocenters. The first-order chi connectivity index (χ1) is 13.2. The van der Waals surface area contributed by atoms with Crippen LogP contribution < -0.4 is 10.1 Å². The predicted octanol–water partition coefficient (Wildman–Crippen LogP) is 4.26. The van der Waals surface area contributed by atoms with E-state index < -0.39 is 0 Å². The van der Waals surface area contributed by atoms with Crippen molar-refractivity contribution in [3.63, 3.8) is 0 Å². The normalized spacial score (nSPS) is 10.6. The van der Waals surface area contributed by atoms with Crippen molar-refractivity contribution in [3.05, 3.63) is 72.7 Å². The Morgan fingerprint density at radius 2 is 1.89 bits per heavy atom. The highest BCUT2D eigenvalue weighted by Gasteiger charge is 2.13. The molecule has 0 saturated carbocycles. The number of amides is 1. The van der Waals surface area contributed by atoms with Gasteiger partial charge in [-0.1, -0.05) is 23.4 Å². The van der Waals surface area contributed by atoms with Crippen LogP contribution in [0, 0.1) is 0 Å². The van der Waals surface area contributed by atoms with Gasteiger partial charge in [-0.2, -0.15) is 4.98 Å². The molecule has 1 amide bonds. The molecule has 7 heteroatoms.